The van der Waals surface area contributed by atoms with E-state index in [0.29, 0.717) is 33.2 Å². The first kappa shape index (κ1) is 21.1. The quantitative estimate of drug-likeness (QED) is 0.515. The standard InChI is InChI=1S/C20H19Cl2FN4O2/c1-11-17(29-12(2)18-15(21)5-6-16(23)19(18)22)7-13(8-24-11)14-9-25-27(10-14)20(28)26(3)4/h5-10,12H,1-4H3. The van der Waals surface area contributed by atoms with E-state index < -0.39 is 11.9 Å². The van der Waals surface area contributed by atoms with Gasteiger partial charge in [-0.25, -0.2) is 9.18 Å². The second-order valence-electron chi connectivity index (χ2n) is 6.68. The molecule has 0 radical (unpaired) electrons. The predicted octanol–water partition coefficient (Wildman–Crippen LogP) is 5.37. The molecule has 0 N–H and O–H groups in total. The maximum atomic E-state index is 13.8. The molecule has 0 fully saturated rings. The van der Waals surface area contributed by atoms with Gasteiger partial charge in [0.2, 0.25) is 0 Å². The average molecular weight is 437 g/mol. The summed E-state index contributed by atoms with van der Waals surface area (Å²) in [6.07, 6.45) is 4.24. The maximum Gasteiger partial charge on any atom is 0.344 e. The van der Waals surface area contributed by atoms with Gasteiger partial charge in [0.25, 0.3) is 0 Å². The highest BCUT2D eigenvalue weighted by molar-refractivity contribution is 6.36. The first-order valence-corrected chi connectivity index (χ1v) is 9.48. The molecule has 0 aliphatic rings. The third kappa shape index (κ3) is 4.36. The van der Waals surface area contributed by atoms with Gasteiger partial charge in [0.15, 0.2) is 0 Å². The lowest BCUT2D eigenvalue weighted by Gasteiger charge is -2.19. The summed E-state index contributed by atoms with van der Waals surface area (Å²) in [5.41, 5.74) is 2.42. The first-order valence-electron chi connectivity index (χ1n) is 8.72. The topological polar surface area (TPSA) is 60.2 Å². The van der Waals surface area contributed by atoms with Crippen molar-refractivity contribution in [1.29, 1.82) is 0 Å². The minimum absolute atomic E-state index is 0.0739. The van der Waals surface area contributed by atoms with E-state index in [-0.39, 0.29) is 11.1 Å². The molecule has 1 unspecified atom stereocenters. The number of hydrogen-bond donors (Lipinski definition) is 0. The number of pyridine rings is 1. The van der Waals surface area contributed by atoms with Crippen molar-refractivity contribution in [3.63, 3.8) is 0 Å². The number of carbonyl (C=O) groups excluding carboxylic acids is 1. The van der Waals surface area contributed by atoms with Gasteiger partial charge in [0.1, 0.15) is 17.7 Å². The van der Waals surface area contributed by atoms with Crippen LogP contribution in [0.5, 0.6) is 5.75 Å². The van der Waals surface area contributed by atoms with E-state index in [2.05, 4.69) is 10.1 Å². The predicted molar refractivity (Wildman–Crippen MR) is 110 cm³/mol. The SMILES string of the molecule is Cc1ncc(-c2cnn(C(=O)N(C)C)c2)cc1OC(C)c1c(Cl)ccc(F)c1Cl. The number of nitrogens with zero attached hydrogens (tertiary/aromatic N) is 4. The zero-order valence-electron chi connectivity index (χ0n) is 16.3. The molecule has 0 bridgehead atoms. The van der Waals surface area contributed by atoms with Crippen molar-refractivity contribution in [3.05, 3.63) is 63.9 Å². The summed E-state index contributed by atoms with van der Waals surface area (Å²) >= 11 is 12.3. The number of aryl methyl sites for hydroxylation is 1. The Kier molecular flexibility index (Phi) is 6.10. The molecule has 1 amide bonds. The molecule has 0 aliphatic carbocycles. The van der Waals surface area contributed by atoms with E-state index in [0.717, 1.165) is 0 Å². The third-order valence-corrected chi connectivity index (χ3v) is 5.04. The Hall–Kier alpha value is -2.64. The molecule has 0 aliphatic heterocycles. The van der Waals surface area contributed by atoms with Gasteiger partial charge < -0.3 is 9.64 Å². The number of ether oxygens (including phenoxy) is 1. The van der Waals surface area contributed by atoms with Crippen molar-refractivity contribution in [2.45, 2.75) is 20.0 Å². The Balaban J connectivity index is 1.91. The fourth-order valence-corrected chi connectivity index (χ4v) is 3.41. The normalized spacial score (nSPS) is 12.0. The van der Waals surface area contributed by atoms with Crippen molar-refractivity contribution < 1.29 is 13.9 Å². The van der Waals surface area contributed by atoms with Crippen LogP contribution in [-0.2, 0) is 0 Å². The molecule has 0 saturated carbocycles. The molecule has 3 rings (SSSR count). The second kappa shape index (κ2) is 8.39. The molecule has 2 heterocycles. The maximum absolute atomic E-state index is 13.8. The summed E-state index contributed by atoms with van der Waals surface area (Å²) in [6.45, 7) is 3.52. The average Bonchev–Trinajstić information content (AvgIpc) is 3.16. The van der Waals surface area contributed by atoms with Crippen LogP contribution in [0.2, 0.25) is 10.0 Å². The molecule has 152 valence electrons. The van der Waals surface area contributed by atoms with Gasteiger partial charge in [-0.05, 0) is 32.0 Å². The van der Waals surface area contributed by atoms with Crippen LogP contribution < -0.4 is 4.74 Å². The van der Waals surface area contributed by atoms with Crippen molar-refractivity contribution in [2.24, 2.45) is 0 Å². The number of benzene rings is 1. The van der Waals surface area contributed by atoms with Gasteiger partial charge in [-0.15, -0.1) is 0 Å². The summed E-state index contributed by atoms with van der Waals surface area (Å²) in [7, 11) is 3.29. The summed E-state index contributed by atoms with van der Waals surface area (Å²) < 4.78 is 21.1. The zero-order chi connectivity index (χ0) is 21.3. The molecule has 0 saturated heterocycles. The number of halogens is 3. The number of rotatable bonds is 4. The summed E-state index contributed by atoms with van der Waals surface area (Å²) in [6, 6.07) is 4.16. The molecule has 3 aromatic rings. The second-order valence-corrected chi connectivity index (χ2v) is 7.46. The highest BCUT2D eigenvalue weighted by atomic mass is 35.5. The van der Waals surface area contributed by atoms with Crippen LogP contribution in [0.4, 0.5) is 9.18 Å². The molecule has 9 heteroatoms. The van der Waals surface area contributed by atoms with Gasteiger partial charge in [-0.3, -0.25) is 4.98 Å². The van der Waals surface area contributed by atoms with E-state index in [1.807, 2.05) is 0 Å². The van der Waals surface area contributed by atoms with E-state index >= 15 is 0 Å². The largest absolute Gasteiger partial charge is 0.484 e. The van der Waals surface area contributed by atoms with Gasteiger partial charge in [-0.1, -0.05) is 23.2 Å². The zero-order valence-corrected chi connectivity index (χ0v) is 17.8. The Morgan fingerprint density at radius 3 is 2.66 bits per heavy atom. The van der Waals surface area contributed by atoms with Gasteiger partial charge >= 0.3 is 6.03 Å². The first-order chi connectivity index (χ1) is 13.7. The lowest BCUT2D eigenvalue weighted by Crippen LogP contribution is -2.27. The van der Waals surface area contributed by atoms with Gasteiger partial charge in [0.05, 0.1) is 16.9 Å². The number of aromatic nitrogens is 3. The molecule has 0 spiro atoms. The highest BCUT2D eigenvalue weighted by Gasteiger charge is 2.20. The molecule has 1 aromatic carbocycles. The van der Waals surface area contributed by atoms with E-state index in [9.17, 15) is 9.18 Å². The smallest absolute Gasteiger partial charge is 0.344 e. The molecular weight excluding hydrogens is 418 g/mol. The number of amides is 1. The Labute approximate surface area is 177 Å². The number of hydrogen-bond acceptors (Lipinski definition) is 4. The van der Waals surface area contributed by atoms with E-state index in [1.54, 1.807) is 52.6 Å². The Bertz CT molecular complexity index is 1070. The highest BCUT2D eigenvalue weighted by Crippen LogP contribution is 2.36. The van der Waals surface area contributed by atoms with Crippen LogP contribution >= 0.6 is 23.2 Å². The van der Waals surface area contributed by atoms with Crippen LogP contribution in [0.15, 0.2) is 36.8 Å². The van der Waals surface area contributed by atoms with Gasteiger partial charge in [0, 0.05) is 48.2 Å². The lowest BCUT2D eigenvalue weighted by molar-refractivity contribution is 0.216. The Morgan fingerprint density at radius 1 is 1.24 bits per heavy atom. The van der Waals surface area contributed by atoms with Gasteiger partial charge in [-0.2, -0.15) is 9.78 Å². The summed E-state index contributed by atoms with van der Waals surface area (Å²) in [4.78, 5) is 17.8. The number of carbonyl (C=O) groups is 1. The molecule has 6 nitrogen and oxygen atoms in total. The van der Waals surface area contributed by atoms with Crippen LogP contribution in [0.3, 0.4) is 0 Å². The van der Waals surface area contributed by atoms with E-state index in [1.165, 1.54) is 21.7 Å². The van der Waals surface area contributed by atoms with Crippen molar-refractivity contribution in [2.75, 3.05) is 14.1 Å². The fraction of sp³-hybridized carbons (Fsp3) is 0.250. The van der Waals surface area contributed by atoms with Crippen LogP contribution in [-0.4, -0.2) is 39.8 Å². The summed E-state index contributed by atoms with van der Waals surface area (Å²) in [5.74, 6) is -0.0823. The summed E-state index contributed by atoms with van der Waals surface area (Å²) in [5, 5.41) is 4.33. The minimum Gasteiger partial charge on any atom is -0.484 e. The van der Waals surface area contributed by atoms with E-state index in [4.69, 9.17) is 27.9 Å². The molecular formula is C20H19Cl2FN4O2. The molecule has 1 atom stereocenters. The van der Waals surface area contributed by atoms with Crippen molar-refractivity contribution >= 4 is 29.2 Å². The lowest BCUT2D eigenvalue weighted by atomic mass is 10.1. The van der Waals surface area contributed by atoms with Crippen LogP contribution in [0.25, 0.3) is 11.1 Å². The monoisotopic (exact) mass is 436 g/mol. The fourth-order valence-electron chi connectivity index (χ4n) is 2.74. The van der Waals surface area contributed by atoms with Crippen molar-refractivity contribution in [3.8, 4) is 16.9 Å². The molecule has 29 heavy (non-hydrogen) atoms. The van der Waals surface area contributed by atoms with Crippen LogP contribution in [0, 0.1) is 12.7 Å². The third-order valence-electron chi connectivity index (χ3n) is 4.32. The Morgan fingerprint density at radius 2 is 1.97 bits per heavy atom. The van der Waals surface area contributed by atoms with Crippen LogP contribution in [0.1, 0.15) is 24.3 Å². The van der Waals surface area contributed by atoms with Crippen molar-refractivity contribution in [1.82, 2.24) is 19.7 Å². The minimum atomic E-state index is -0.612. The molecule has 2 aromatic heterocycles.